The molecule has 0 amide bonds. The van der Waals surface area contributed by atoms with Gasteiger partial charge >= 0.3 is 0 Å². The highest BCUT2D eigenvalue weighted by molar-refractivity contribution is 7.99. The predicted octanol–water partition coefficient (Wildman–Crippen LogP) is 4.30. The molecule has 0 atom stereocenters. The van der Waals surface area contributed by atoms with Crippen molar-refractivity contribution < 1.29 is 0 Å². The van der Waals surface area contributed by atoms with Gasteiger partial charge in [-0.05, 0) is 24.3 Å². The molecule has 5 heteroatoms. The molecule has 0 aliphatic rings. The lowest BCUT2D eigenvalue weighted by Crippen LogP contribution is -2.01. The van der Waals surface area contributed by atoms with Crippen molar-refractivity contribution in [2.45, 2.75) is 31.7 Å². The second-order valence-corrected chi connectivity index (χ2v) is 6.66. The first-order valence-corrected chi connectivity index (χ1v) is 8.42. The van der Waals surface area contributed by atoms with Gasteiger partial charge in [0.2, 0.25) is 0 Å². The average Bonchev–Trinajstić information content (AvgIpc) is 2.93. The Morgan fingerprint density at radius 3 is 2.90 bits per heavy atom. The highest BCUT2D eigenvalue weighted by Gasteiger charge is 2.08. The van der Waals surface area contributed by atoms with Gasteiger partial charge in [-0.25, -0.2) is 4.98 Å². The Morgan fingerprint density at radius 2 is 2.25 bits per heavy atom. The molecule has 1 aromatic heterocycles. The van der Waals surface area contributed by atoms with Gasteiger partial charge in [-0.15, -0.1) is 23.1 Å². The van der Waals surface area contributed by atoms with Crippen molar-refractivity contribution in [3.8, 4) is 6.07 Å². The van der Waals surface area contributed by atoms with Crippen LogP contribution in [0.3, 0.4) is 0 Å². The minimum absolute atomic E-state index is 0.666. The zero-order chi connectivity index (χ0) is 14.4. The van der Waals surface area contributed by atoms with Gasteiger partial charge in [0, 0.05) is 16.0 Å². The van der Waals surface area contributed by atoms with E-state index in [1.807, 2.05) is 24.4 Å². The van der Waals surface area contributed by atoms with Crippen LogP contribution in [0.5, 0.6) is 0 Å². The van der Waals surface area contributed by atoms with Crippen LogP contribution >= 0.6 is 23.1 Å². The standard InChI is InChI=1S/C15H17N3S2/c1-3-11-9-18-15(20-11)10-17-13-6-5-7-14(19-4-2)12(13)8-16/h5-7,9,17H,3-4,10H2,1-2H3. The van der Waals surface area contributed by atoms with Gasteiger partial charge in [-0.2, -0.15) is 5.26 Å². The first-order valence-electron chi connectivity index (χ1n) is 6.61. The van der Waals surface area contributed by atoms with E-state index in [0.29, 0.717) is 6.54 Å². The van der Waals surface area contributed by atoms with Gasteiger partial charge in [-0.1, -0.05) is 19.9 Å². The number of thiazole rings is 1. The van der Waals surface area contributed by atoms with Crippen molar-refractivity contribution in [1.29, 1.82) is 5.26 Å². The molecule has 0 aliphatic heterocycles. The molecule has 0 radical (unpaired) electrons. The second kappa shape index (κ2) is 7.32. The van der Waals surface area contributed by atoms with Crippen LogP contribution in [0.4, 0.5) is 5.69 Å². The maximum atomic E-state index is 9.35. The monoisotopic (exact) mass is 303 g/mol. The van der Waals surface area contributed by atoms with Crippen molar-refractivity contribution in [3.05, 3.63) is 39.8 Å². The van der Waals surface area contributed by atoms with E-state index in [-0.39, 0.29) is 0 Å². The van der Waals surface area contributed by atoms with Gasteiger partial charge in [0.1, 0.15) is 11.1 Å². The lowest BCUT2D eigenvalue weighted by atomic mass is 10.2. The average molecular weight is 303 g/mol. The molecule has 104 valence electrons. The molecule has 2 rings (SSSR count). The number of benzene rings is 1. The van der Waals surface area contributed by atoms with E-state index in [9.17, 15) is 5.26 Å². The smallest absolute Gasteiger partial charge is 0.112 e. The van der Waals surface area contributed by atoms with Crippen LogP contribution in [0.15, 0.2) is 29.3 Å². The molecule has 0 unspecified atom stereocenters. The Bertz CT molecular complexity index is 614. The molecule has 1 aromatic carbocycles. The number of hydrogen-bond donors (Lipinski definition) is 1. The van der Waals surface area contributed by atoms with Gasteiger partial charge in [0.15, 0.2) is 0 Å². The number of anilines is 1. The Kier molecular flexibility index (Phi) is 5.45. The summed E-state index contributed by atoms with van der Waals surface area (Å²) in [6.07, 6.45) is 2.94. The normalized spacial score (nSPS) is 10.2. The fourth-order valence-electron chi connectivity index (χ4n) is 1.83. The summed E-state index contributed by atoms with van der Waals surface area (Å²) >= 11 is 3.41. The third-order valence-electron chi connectivity index (χ3n) is 2.82. The Balaban J connectivity index is 2.13. The SMILES string of the molecule is CCSc1cccc(NCc2ncc(CC)s2)c1C#N. The zero-order valence-electron chi connectivity index (χ0n) is 11.6. The van der Waals surface area contributed by atoms with E-state index in [2.05, 4.69) is 30.2 Å². The lowest BCUT2D eigenvalue weighted by Gasteiger charge is -2.09. The van der Waals surface area contributed by atoms with Crippen molar-refractivity contribution in [2.24, 2.45) is 0 Å². The van der Waals surface area contributed by atoms with Crippen molar-refractivity contribution >= 4 is 28.8 Å². The van der Waals surface area contributed by atoms with E-state index >= 15 is 0 Å². The summed E-state index contributed by atoms with van der Waals surface area (Å²) in [6.45, 7) is 4.89. The Hall–Kier alpha value is -1.51. The quantitative estimate of drug-likeness (QED) is 0.808. The van der Waals surface area contributed by atoms with Crippen LogP contribution in [0, 0.1) is 11.3 Å². The highest BCUT2D eigenvalue weighted by Crippen LogP contribution is 2.28. The minimum atomic E-state index is 0.666. The molecule has 0 bridgehead atoms. The van der Waals surface area contributed by atoms with E-state index < -0.39 is 0 Å². The third-order valence-corrected chi connectivity index (χ3v) is 4.90. The van der Waals surface area contributed by atoms with Crippen LogP contribution in [0.2, 0.25) is 0 Å². The number of thioether (sulfide) groups is 1. The summed E-state index contributed by atoms with van der Waals surface area (Å²) in [5, 5.41) is 13.7. The molecule has 1 N–H and O–H groups in total. The molecular formula is C15H17N3S2. The molecule has 3 nitrogen and oxygen atoms in total. The molecule has 0 fully saturated rings. The van der Waals surface area contributed by atoms with E-state index in [0.717, 1.165) is 33.3 Å². The maximum absolute atomic E-state index is 9.35. The lowest BCUT2D eigenvalue weighted by molar-refractivity contribution is 1.09. The number of aryl methyl sites for hydroxylation is 1. The summed E-state index contributed by atoms with van der Waals surface area (Å²) in [5.41, 5.74) is 1.62. The molecule has 20 heavy (non-hydrogen) atoms. The molecule has 0 saturated carbocycles. The van der Waals surface area contributed by atoms with Gasteiger partial charge in [0.05, 0.1) is 17.8 Å². The van der Waals surface area contributed by atoms with Crippen molar-refractivity contribution in [1.82, 2.24) is 4.98 Å². The van der Waals surface area contributed by atoms with E-state index in [1.54, 1.807) is 23.1 Å². The Labute approximate surface area is 128 Å². The third kappa shape index (κ3) is 3.53. The summed E-state index contributed by atoms with van der Waals surface area (Å²) in [7, 11) is 0. The number of nitriles is 1. The highest BCUT2D eigenvalue weighted by atomic mass is 32.2. The van der Waals surface area contributed by atoms with Crippen LogP contribution in [-0.2, 0) is 13.0 Å². The topological polar surface area (TPSA) is 48.7 Å². The Morgan fingerprint density at radius 1 is 1.40 bits per heavy atom. The maximum Gasteiger partial charge on any atom is 0.112 e. The molecular weight excluding hydrogens is 286 g/mol. The number of nitrogens with zero attached hydrogens (tertiary/aromatic N) is 2. The molecule has 2 aromatic rings. The number of rotatable bonds is 6. The molecule has 0 saturated heterocycles. The molecule has 0 spiro atoms. The van der Waals surface area contributed by atoms with Crippen LogP contribution in [-0.4, -0.2) is 10.7 Å². The summed E-state index contributed by atoms with van der Waals surface area (Å²) < 4.78 is 0. The van der Waals surface area contributed by atoms with Crippen LogP contribution < -0.4 is 5.32 Å². The summed E-state index contributed by atoms with van der Waals surface area (Å²) in [6, 6.07) is 8.24. The zero-order valence-corrected chi connectivity index (χ0v) is 13.3. The fourth-order valence-corrected chi connectivity index (χ4v) is 3.42. The van der Waals surface area contributed by atoms with E-state index in [1.165, 1.54) is 4.88 Å². The van der Waals surface area contributed by atoms with Crippen LogP contribution in [0.1, 0.15) is 29.3 Å². The molecule has 0 aliphatic carbocycles. The number of aromatic nitrogens is 1. The van der Waals surface area contributed by atoms with Crippen molar-refractivity contribution in [3.63, 3.8) is 0 Å². The van der Waals surface area contributed by atoms with Gasteiger partial charge in [-0.3, -0.25) is 0 Å². The minimum Gasteiger partial charge on any atom is -0.377 e. The second-order valence-electron chi connectivity index (χ2n) is 4.15. The largest absolute Gasteiger partial charge is 0.377 e. The van der Waals surface area contributed by atoms with Gasteiger partial charge in [0.25, 0.3) is 0 Å². The predicted molar refractivity (Wildman–Crippen MR) is 86.4 cm³/mol. The first-order chi connectivity index (χ1) is 9.78. The number of nitrogens with one attached hydrogen (secondary N) is 1. The fraction of sp³-hybridized carbons (Fsp3) is 0.333. The molecule has 1 heterocycles. The first kappa shape index (κ1) is 14.9. The van der Waals surface area contributed by atoms with Crippen molar-refractivity contribution in [2.75, 3.05) is 11.1 Å². The number of hydrogen-bond acceptors (Lipinski definition) is 5. The summed E-state index contributed by atoms with van der Waals surface area (Å²) in [4.78, 5) is 6.71. The summed E-state index contributed by atoms with van der Waals surface area (Å²) in [5.74, 6) is 0.963. The van der Waals surface area contributed by atoms with E-state index in [4.69, 9.17) is 0 Å². The van der Waals surface area contributed by atoms with Gasteiger partial charge < -0.3 is 5.32 Å². The van der Waals surface area contributed by atoms with Crippen LogP contribution in [0.25, 0.3) is 0 Å².